The minimum atomic E-state index is -0.419. The van der Waals surface area contributed by atoms with Gasteiger partial charge in [-0.1, -0.05) is 37.5 Å². The Morgan fingerprint density at radius 3 is 2.69 bits per heavy atom. The van der Waals surface area contributed by atoms with Gasteiger partial charge in [0.1, 0.15) is 5.56 Å². The van der Waals surface area contributed by atoms with E-state index < -0.39 is 5.97 Å². The largest absolute Gasteiger partial charge is 0.462 e. The number of thiocarbonyl (C=S) groups is 1. The van der Waals surface area contributed by atoms with E-state index in [1.54, 1.807) is 11.6 Å². The molecule has 0 aliphatic heterocycles. The first kappa shape index (κ1) is 18.4. The molecule has 26 heavy (non-hydrogen) atoms. The first-order chi connectivity index (χ1) is 12.7. The van der Waals surface area contributed by atoms with Crippen molar-refractivity contribution in [2.24, 2.45) is 0 Å². The second-order valence-corrected chi connectivity index (χ2v) is 6.72. The zero-order chi connectivity index (χ0) is 18.4. The molecule has 0 unspecified atom stereocenters. The van der Waals surface area contributed by atoms with Gasteiger partial charge in [0.2, 0.25) is 0 Å². The van der Waals surface area contributed by atoms with E-state index >= 15 is 0 Å². The van der Waals surface area contributed by atoms with Gasteiger partial charge in [-0.05, 0) is 44.1 Å². The smallest absolute Gasteiger partial charge is 0.343 e. The first-order valence-corrected chi connectivity index (χ1v) is 9.48. The van der Waals surface area contributed by atoms with E-state index in [9.17, 15) is 4.79 Å². The highest BCUT2D eigenvalue weighted by molar-refractivity contribution is 7.80. The van der Waals surface area contributed by atoms with Crippen LogP contribution < -0.4 is 10.6 Å². The van der Waals surface area contributed by atoms with Crippen LogP contribution in [0.3, 0.4) is 0 Å². The Morgan fingerprint density at radius 2 is 2.00 bits per heavy atom. The molecule has 138 valence electrons. The van der Waals surface area contributed by atoms with Crippen LogP contribution in [0.5, 0.6) is 0 Å². The quantitative estimate of drug-likeness (QED) is 0.617. The summed E-state index contributed by atoms with van der Waals surface area (Å²) in [6.45, 7) is 2.08. The summed E-state index contributed by atoms with van der Waals surface area (Å²) in [6, 6.07) is 9.99. The van der Waals surface area contributed by atoms with E-state index in [4.69, 9.17) is 17.0 Å². The lowest BCUT2D eigenvalue weighted by Gasteiger charge is -2.24. The summed E-state index contributed by atoms with van der Waals surface area (Å²) in [4.78, 5) is 12.3. The Bertz CT molecular complexity index is 754. The summed E-state index contributed by atoms with van der Waals surface area (Å²) < 4.78 is 6.82. The van der Waals surface area contributed by atoms with Crippen molar-refractivity contribution >= 4 is 29.1 Å². The van der Waals surface area contributed by atoms with Crippen LogP contribution in [0.15, 0.2) is 36.5 Å². The van der Waals surface area contributed by atoms with E-state index in [1.165, 1.54) is 25.5 Å². The highest BCUT2D eigenvalue weighted by Crippen LogP contribution is 2.22. The highest BCUT2D eigenvalue weighted by atomic mass is 32.1. The lowest BCUT2D eigenvalue weighted by molar-refractivity contribution is 0.0527. The van der Waals surface area contributed by atoms with Crippen molar-refractivity contribution in [3.63, 3.8) is 0 Å². The number of hydrogen-bond donors (Lipinski definition) is 2. The third kappa shape index (κ3) is 4.40. The fourth-order valence-corrected chi connectivity index (χ4v) is 3.43. The van der Waals surface area contributed by atoms with Crippen molar-refractivity contribution in [1.82, 2.24) is 15.1 Å². The summed E-state index contributed by atoms with van der Waals surface area (Å²) in [5.74, 6) is 0.0978. The average molecular weight is 372 g/mol. The molecule has 7 heteroatoms. The molecule has 0 atom stereocenters. The topological polar surface area (TPSA) is 68.2 Å². The van der Waals surface area contributed by atoms with Crippen LogP contribution in [-0.2, 0) is 4.74 Å². The number of hydrogen-bond acceptors (Lipinski definition) is 4. The Morgan fingerprint density at radius 1 is 1.27 bits per heavy atom. The first-order valence-electron chi connectivity index (χ1n) is 9.07. The van der Waals surface area contributed by atoms with Crippen molar-refractivity contribution in [2.75, 3.05) is 11.9 Å². The number of nitrogens with one attached hydrogen (secondary N) is 2. The number of anilines is 1. The SMILES string of the molecule is CCOC(=O)c1cnn(-c2ccccc2)c1NC(=S)NC1CCCCC1. The van der Waals surface area contributed by atoms with Gasteiger partial charge in [-0.2, -0.15) is 5.10 Å². The highest BCUT2D eigenvalue weighted by Gasteiger charge is 2.21. The predicted molar refractivity (Wildman–Crippen MR) is 106 cm³/mol. The zero-order valence-corrected chi connectivity index (χ0v) is 15.7. The molecule has 2 aromatic rings. The van der Waals surface area contributed by atoms with Crippen molar-refractivity contribution in [1.29, 1.82) is 0 Å². The molecular weight excluding hydrogens is 348 g/mol. The predicted octanol–water partition coefficient (Wildman–Crippen LogP) is 3.67. The van der Waals surface area contributed by atoms with Gasteiger partial charge in [0.15, 0.2) is 10.9 Å². The fourth-order valence-electron chi connectivity index (χ4n) is 3.17. The second-order valence-electron chi connectivity index (χ2n) is 6.31. The molecule has 1 aromatic carbocycles. The van der Waals surface area contributed by atoms with Crippen LogP contribution in [0, 0.1) is 0 Å². The molecule has 3 rings (SSSR count). The molecule has 2 N–H and O–H groups in total. The van der Waals surface area contributed by atoms with Crippen molar-refractivity contribution < 1.29 is 9.53 Å². The minimum Gasteiger partial charge on any atom is -0.462 e. The maximum atomic E-state index is 12.3. The number of benzene rings is 1. The standard InChI is InChI=1S/C19H24N4O2S/c1-2-25-18(24)16-13-20-23(15-11-7-4-8-12-15)17(16)22-19(26)21-14-9-5-3-6-10-14/h4,7-8,11-14H,2-3,5-6,9-10H2,1H3,(H2,21,22,26). The summed E-state index contributed by atoms with van der Waals surface area (Å²) in [5, 5.41) is 11.4. The molecule has 0 amide bonds. The molecule has 1 fully saturated rings. The van der Waals surface area contributed by atoms with Gasteiger partial charge in [0.05, 0.1) is 18.5 Å². The minimum absolute atomic E-state index is 0.305. The number of esters is 1. The van der Waals surface area contributed by atoms with Gasteiger partial charge in [0, 0.05) is 6.04 Å². The molecule has 0 saturated heterocycles. The number of nitrogens with zero attached hydrogens (tertiary/aromatic N) is 2. The number of carbonyl (C=O) groups excluding carboxylic acids is 1. The van der Waals surface area contributed by atoms with Crippen LogP contribution in [0.25, 0.3) is 5.69 Å². The van der Waals surface area contributed by atoms with Gasteiger partial charge in [0.25, 0.3) is 0 Å². The molecule has 1 saturated carbocycles. The normalized spacial score (nSPS) is 14.7. The maximum Gasteiger partial charge on any atom is 0.343 e. The molecule has 6 nitrogen and oxygen atoms in total. The monoisotopic (exact) mass is 372 g/mol. The number of para-hydroxylation sites is 1. The Balaban J connectivity index is 1.83. The molecule has 1 aliphatic rings. The van der Waals surface area contributed by atoms with E-state index in [0.29, 0.717) is 29.1 Å². The van der Waals surface area contributed by atoms with E-state index in [2.05, 4.69) is 15.7 Å². The van der Waals surface area contributed by atoms with Crippen molar-refractivity contribution in [3.05, 3.63) is 42.1 Å². The summed E-state index contributed by atoms with van der Waals surface area (Å²) in [6.07, 6.45) is 7.46. The Kier molecular flexibility index (Phi) is 6.22. The van der Waals surface area contributed by atoms with E-state index in [0.717, 1.165) is 18.5 Å². The molecule has 1 aromatic heterocycles. The molecule has 0 spiro atoms. The lowest BCUT2D eigenvalue weighted by Crippen LogP contribution is -2.39. The summed E-state index contributed by atoms with van der Waals surface area (Å²) in [5.41, 5.74) is 1.20. The van der Waals surface area contributed by atoms with E-state index in [-0.39, 0.29) is 0 Å². The third-order valence-electron chi connectivity index (χ3n) is 4.44. The molecule has 1 aliphatic carbocycles. The molecule has 1 heterocycles. The van der Waals surface area contributed by atoms with Gasteiger partial charge in [-0.3, -0.25) is 0 Å². The number of aromatic nitrogens is 2. The van der Waals surface area contributed by atoms with Crippen LogP contribution in [0.4, 0.5) is 5.82 Å². The maximum absolute atomic E-state index is 12.3. The molecule has 0 bridgehead atoms. The van der Waals surface area contributed by atoms with Crippen molar-refractivity contribution in [3.8, 4) is 5.69 Å². The van der Waals surface area contributed by atoms with Gasteiger partial charge >= 0.3 is 5.97 Å². The second kappa shape index (κ2) is 8.80. The Hall–Kier alpha value is -2.41. The fraction of sp³-hybridized carbons (Fsp3) is 0.421. The number of rotatable bonds is 5. The molecular formula is C19H24N4O2S. The summed E-state index contributed by atoms with van der Waals surface area (Å²) in [7, 11) is 0. The van der Waals surface area contributed by atoms with Gasteiger partial charge in [-0.15, -0.1) is 0 Å². The number of ether oxygens (including phenoxy) is 1. The van der Waals surface area contributed by atoms with Crippen LogP contribution >= 0.6 is 12.2 Å². The van der Waals surface area contributed by atoms with Crippen LogP contribution in [0.2, 0.25) is 0 Å². The average Bonchev–Trinajstić information content (AvgIpc) is 3.07. The third-order valence-corrected chi connectivity index (χ3v) is 4.66. The van der Waals surface area contributed by atoms with Crippen LogP contribution in [-0.4, -0.2) is 33.5 Å². The zero-order valence-electron chi connectivity index (χ0n) is 14.9. The van der Waals surface area contributed by atoms with Gasteiger partial charge < -0.3 is 15.4 Å². The number of carbonyl (C=O) groups is 1. The summed E-state index contributed by atoms with van der Waals surface area (Å²) >= 11 is 5.49. The van der Waals surface area contributed by atoms with Crippen LogP contribution in [0.1, 0.15) is 49.4 Å². The van der Waals surface area contributed by atoms with Gasteiger partial charge in [-0.25, -0.2) is 9.48 Å². The Labute approximate surface area is 158 Å². The van der Waals surface area contributed by atoms with E-state index in [1.807, 2.05) is 30.3 Å². The lowest BCUT2D eigenvalue weighted by atomic mass is 9.96. The molecule has 0 radical (unpaired) electrons. The van der Waals surface area contributed by atoms with Crippen molar-refractivity contribution in [2.45, 2.75) is 45.1 Å².